The van der Waals surface area contributed by atoms with Crippen molar-refractivity contribution in [3.8, 4) is 5.69 Å². The number of hydrogen-bond donors (Lipinski definition) is 1. The van der Waals surface area contributed by atoms with Gasteiger partial charge in [-0.3, -0.25) is 0 Å². The molecule has 18 heavy (non-hydrogen) atoms. The second-order valence-corrected chi connectivity index (χ2v) is 3.64. The first-order valence-electron chi connectivity index (χ1n) is 5.32. The third-order valence-corrected chi connectivity index (χ3v) is 2.48. The SMILES string of the molecule is O/N=C/c1cnc2c(cnn2-c2ccccc2)n1. The molecule has 0 saturated heterocycles. The van der Waals surface area contributed by atoms with Crippen LogP contribution in [0.25, 0.3) is 16.9 Å². The summed E-state index contributed by atoms with van der Waals surface area (Å²) < 4.78 is 1.71. The van der Waals surface area contributed by atoms with Crippen molar-refractivity contribution < 1.29 is 5.21 Å². The van der Waals surface area contributed by atoms with E-state index in [9.17, 15) is 0 Å². The molecule has 3 rings (SSSR count). The van der Waals surface area contributed by atoms with Gasteiger partial charge in [0.25, 0.3) is 0 Å². The van der Waals surface area contributed by atoms with Crippen molar-refractivity contribution in [1.29, 1.82) is 0 Å². The zero-order valence-corrected chi connectivity index (χ0v) is 9.30. The maximum Gasteiger partial charge on any atom is 0.181 e. The Labute approximate surface area is 102 Å². The van der Waals surface area contributed by atoms with Gasteiger partial charge in [0.15, 0.2) is 5.65 Å². The fourth-order valence-corrected chi connectivity index (χ4v) is 1.71. The molecule has 6 nitrogen and oxygen atoms in total. The molecule has 0 bridgehead atoms. The van der Waals surface area contributed by atoms with Crippen LogP contribution in [0.5, 0.6) is 0 Å². The molecular weight excluding hydrogens is 230 g/mol. The fraction of sp³-hybridized carbons (Fsp3) is 0. The minimum Gasteiger partial charge on any atom is -0.411 e. The van der Waals surface area contributed by atoms with Crippen molar-refractivity contribution in [1.82, 2.24) is 19.7 Å². The molecule has 0 atom stereocenters. The number of aromatic nitrogens is 4. The largest absolute Gasteiger partial charge is 0.411 e. The first-order chi connectivity index (χ1) is 8.88. The molecule has 0 unspecified atom stereocenters. The zero-order valence-electron chi connectivity index (χ0n) is 9.30. The second-order valence-electron chi connectivity index (χ2n) is 3.64. The highest BCUT2D eigenvalue weighted by Crippen LogP contribution is 2.14. The molecule has 0 spiro atoms. The van der Waals surface area contributed by atoms with Gasteiger partial charge in [0.05, 0.1) is 24.3 Å². The van der Waals surface area contributed by atoms with E-state index in [1.165, 1.54) is 12.4 Å². The molecule has 0 radical (unpaired) electrons. The Morgan fingerprint density at radius 3 is 2.78 bits per heavy atom. The normalized spacial score (nSPS) is 11.3. The standard InChI is InChI=1S/C12H9N5O/c18-15-7-9-6-13-12-11(16-9)8-14-17(12)10-4-2-1-3-5-10/h1-8,18H/b15-7+. The van der Waals surface area contributed by atoms with E-state index < -0.39 is 0 Å². The lowest BCUT2D eigenvalue weighted by atomic mass is 10.3. The Morgan fingerprint density at radius 2 is 2.00 bits per heavy atom. The second kappa shape index (κ2) is 4.25. The number of nitrogens with zero attached hydrogens (tertiary/aromatic N) is 5. The van der Waals surface area contributed by atoms with Gasteiger partial charge in [-0.2, -0.15) is 5.10 Å². The van der Waals surface area contributed by atoms with Gasteiger partial charge in [-0.05, 0) is 12.1 Å². The molecular formula is C12H9N5O. The topological polar surface area (TPSA) is 76.2 Å². The van der Waals surface area contributed by atoms with Crippen LogP contribution in [0.2, 0.25) is 0 Å². The predicted octanol–water partition coefficient (Wildman–Crippen LogP) is 1.62. The van der Waals surface area contributed by atoms with Gasteiger partial charge in [0.2, 0.25) is 0 Å². The highest BCUT2D eigenvalue weighted by atomic mass is 16.4. The molecule has 1 aromatic carbocycles. The van der Waals surface area contributed by atoms with Gasteiger partial charge in [-0.25, -0.2) is 14.6 Å². The average Bonchev–Trinajstić information content (AvgIpc) is 2.83. The average molecular weight is 239 g/mol. The summed E-state index contributed by atoms with van der Waals surface area (Å²) in [6.07, 6.45) is 4.39. The van der Waals surface area contributed by atoms with Crippen molar-refractivity contribution in [3.05, 3.63) is 48.4 Å². The van der Waals surface area contributed by atoms with Crippen LogP contribution in [0.1, 0.15) is 5.69 Å². The van der Waals surface area contributed by atoms with Crippen LogP contribution < -0.4 is 0 Å². The summed E-state index contributed by atoms with van der Waals surface area (Å²) in [5.41, 5.74) is 2.72. The van der Waals surface area contributed by atoms with Gasteiger partial charge in [0, 0.05) is 0 Å². The molecule has 0 amide bonds. The lowest BCUT2D eigenvalue weighted by Crippen LogP contribution is -1.98. The van der Waals surface area contributed by atoms with Crippen LogP contribution in [0, 0.1) is 0 Å². The minimum absolute atomic E-state index is 0.484. The van der Waals surface area contributed by atoms with Gasteiger partial charge in [-0.15, -0.1) is 0 Å². The lowest BCUT2D eigenvalue weighted by molar-refractivity contribution is 0.321. The Morgan fingerprint density at radius 1 is 1.17 bits per heavy atom. The van der Waals surface area contributed by atoms with Crippen molar-refractivity contribution in [3.63, 3.8) is 0 Å². The Bertz CT molecular complexity index is 705. The van der Waals surface area contributed by atoms with E-state index in [1.807, 2.05) is 30.3 Å². The van der Waals surface area contributed by atoms with E-state index in [-0.39, 0.29) is 0 Å². The molecule has 1 N–H and O–H groups in total. The van der Waals surface area contributed by atoms with Gasteiger partial charge >= 0.3 is 0 Å². The number of rotatable bonds is 2. The molecule has 0 aliphatic carbocycles. The summed E-state index contributed by atoms with van der Waals surface area (Å²) >= 11 is 0. The van der Waals surface area contributed by atoms with Crippen molar-refractivity contribution in [2.45, 2.75) is 0 Å². The Hall–Kier alpha value is -2.76. The monoisotopic (exact) mass is 239 g/mol. The van der Waals surface area contributed by atoms with Crippen LogP contribution in [0.15, 0.2) is 47.9 Å². The van der Waals surface area contributed by atoms with E-state index in [0.717, 1.165) is 5.69 Å². The quantitative estimate of drug-likeness (QED) is 0.419. The summed E-state index contributed by atoms with van der Waals surface area (Å²) in [6, 6.07) is 9.69. The summed E-state index contributed by atoms with van der Waals surface area (Å²) in [4.78, 5) is 8.53. The summed E-state index contributed by atoms with van der Waals surface area (Å²) in [6.45, 7) is 0. The predicted molar refractivity (Wildman–Crippen MR) is 66.0 cm³/mol. The van der Waals surface area contributed by atoms with Crippen molar-refractivity contribution in [2.75, 3.05) is 0 Å². The van der Waals surface area contributed by atoms with Crippen molar-refractivity contribution in [2.24, 2.45) is 5.16 Å². The summed E-state index contributed by atoms with van der Waals surface area (Å²) in [7, 11) is 0. The number of oxime groups is 1. The smallest absolute Gasteiger partial charge is 0.181 e. The maximum absolute atomic E-state index is 8.46. The molecule has 6 heteroatoms. The number of hydrogen-bond acceptors (Lipinski definition) is 5. The molecule has 0 aliphatic rings. The van der Waals surface area contributed by atoms with Gasteiger partial charge < -0.3 is 5.21 Å². The number of benzene rings is 1. The Kier molecular flexibility index (Phi) is 2.45. The lowest BCUT2D eigenvalue weighted by Gasteiger charge is -2.01. The molecule has 2 aromatic heterocycles. The first kappa shape index (κ1) is 10.4. The summed E-state index contributed by atoms with van der Waals surface area (Å²) in [5, 5.41) is 15.6. The molecule has 0 aliphatic heterocycles. The molecule has 0 saturated carbocycles. The third-order valence-electron chi connectivity index (χ3n) is 2.48. The highest BCUT2D eigenvalue weighted by molar-refractivity contribution is 5.80. The molecule has 3 aromatic rings. The number of fused-ring (bicyclic) bond motifs is 1. The van der Waals surface area contributed by atoms with E-state index in [1.54, 1.807) is 10.9 Å². The van der Waals surface area contributed by atoms with Crippen LogP contribution in [0.3, 0.4) is 0 Å². The van der Waals surface area contributed by atoms with E-state index >= 15 is 0 Å². The van der Waals surface area contributed by atoms with E-state index in [0.29, 0.717) is 16.9 Å². The van der Waals surface area contributed by atoms with Crippen LogP contribution in [-0.4, -0.2) is 31.2 Å². The maximum atomic E-state index is 8.46. The van der Waals surface area contributed by atoms with Gasteiger partial charge in [0.1, 0.15) is 11.2 Å². The van der Waals surface area contributed by atoms with Gasteiger partial charge in [-0.1, -0.05) is 23.4 Å². The molecule has 0 fully saturated rings. The molecule has 88 valence electrons. The van der Waals surface area contributed by atoms with E-state index in [2.05, 4.69) is 20.2 Å². The van der Waals surface area contributed by atoms with E-state index in [4.69, 9.17) is 5.21 Å². The molecule has 2 heterocycles. The fourth-order valence-electron chi connectivity index (χ4n) is 1.71. The van der Waals surface area contributed by atoms with Crippen LogP contribution >= 0.6 is 0 Å². The first-order valence-corrected chi connectivity index (χ1v) is 5.32. The minimum atomic E-state index is 0.484. The van der Waals surface area contributed by atoms with Crippen LogP contribution in [0.4, 0.5) is 0 Å². The summed E-state index contributed by atoms with van der Waals surface area (Å²) in [5.74, 6) is 0. The highest BCUT2D eigenvalue weighted by Gasteiger charge is 2.07. The third kappa shape index (κ3) is 1.69. The zero-order chi connectivity index (χ0) is 12.4. The van der Waals surface area contributed by atoms with Crippen molar-refractivity contribution >= 4 is 17.4 Å². The van der Waals surface area contributed by atoms with Crippen LogP contribution in [-0.2, 0) is 0 Å². The number of para-hydroxylation sites is 1. The Balaban J connectivity index is 2.16.